The Balaban J connectivity index is 1.40. The van der Waals surface area contributed by atoms with Crippen molar-refractivity contribution in [3.63, 3.8) is 0 Å². The molecule has 1 aromatic heterocycles. The number of hydrogen-bond acceptors (Lipinski definition) is 5. The minimum atomic E-state index is -0.502. The van der Waals surface area contributed by atoms with Crippen molar-refractivity contribution in [2.45, 2.75) is 50.7 Å². The summed E-state index contributed by atoms with van der Waals surface area (Å²) >= 11 is 0. The van der Waals surface area contributed by atoms with Crippen LogP contribution in [0.5, 0.6) is 0 Å². The van der Waals surface area contributed by atoms with Gasteiger partial charge in [0, 0.05) is 18.2 Å². The fraction of sp³-hybridized carbons (Fsp3) is 0.632. The van der Waals surface area contributed by atoms with Gasteiger partial charge in [0.2, 0.25) is 5.91 Å². The largest absolute Gasteiger partial charge is 0.441 e. The Morgan fingerprint density at radius 2 is 2.12 bits per heavy atom. The van der Waals surface area contributed by atoms with Crippen LogP contribution >= 0.6 is 0 Å². The second-order valence-electron chi connectivity index (χ2n) is 7.62. The van der Waals surface area contributed by atoms with Crippen molar-refractivity contribution in [2.24, 2.45) is 11.8 Å². The van der Waals surface area contributed by atoms with Gasteiger partial charge in [-0.2, -0.15) is 0 Å². The van der Waals surface area contributed by atoms with Crippen LogP contribution in [-0.4, -0.2) is 47.4 Å². The molecule has 0 aromatic carbocycles. The average Bonchev–Trinajstić information content (AvgIpc) is 3.04. The summed E-state index contributed by atoms with van der Waals surface area (Å²) in [5.74, 6) is 1.27. The number of cyclic esters (lactones) is 1. The predicted molar refractivity (Wildman–Crippen MR) is 94.6 cm³/mol. The fourth-order valence-electron chi connectivity index (χ4n) is 4.41. The molecule has 2 saturated heterocycles. The number of hydrogen-bond donors (Lipinski definition) is 2. The maximum Gasteiger partial charge on any atom is 0.416 e. The van der Waals surface area contributed by atoms with Crippen molar-refractivity contribution >= 4 is 17.8 Å². The summed E-state index contributed by atoms with van der Waals surface area (Å²) in [6, 6.07) is 4.07. The van der Waals surface area contributed by atoms with E-state index in [0.29, 0.717) is 30.7 Å². The molecule has 1 aliphatic carbocycles. The van der Waals surface area contributed by atoms with Gasteiger partial charge in [-0.25, -0.2) is 9.78 Å². The van der Waals surface area contributed by atoms with E-state index in [-0.39, 0.29) is 18.4 Å². The quantitative estimate of drug-likeness (QED) is 0.853. The molecule has 3 aliphatic rings. The highest BCUT2D eigenvalue weighted by Gasteiger charge is 2.37. The van der Waals surface area contributed by atoms with Gasteiger partial charge in [-0.3, -0.25) is 9.69 Å². The first-order valence-corrected chi connectivity index (χ1v) is 9.48. The van der Waals surface area contributed by atoms with E-state index in [9.17, 15) is 9.59 Å². The number of anilines is 1. The summed E-state index contributed by atoms with van der Waals surface area (Å²) in [6.07, 6.45) is 7.17. The number of carbonyl (C=O) groups is 2. The summed E-state index contributed by atoms with van der Waals surface area (Å²) in [4.78, 5) is 30.0. The number of nitrogens with one attached hydrogen (secondary N) is 1. The zero-order chi connectivity index (χ0) is 18.1. The minimum absolute atomic E-state index is 0.00230. The lowest BCUT2D eigenvalue weighted by Crippen LogP contribution is -2.51. The second kappa shape index (κ2) is 7.23. The Morgan fingerprint density at radius 1 is 1.27 bits per heavy atom. The van der Waals surface area contributed by atoms with Crippen LogP contribution in [0, 0.1) is 11.8 Å². The molecule has 2 aliphatic heterocycles. The number of amides is 2. The van der Waals surface area contributed by atoms with E-state index in [1.807, 2.05) is 6.07 Å². The van der Waals surface area contributed by atoms with Crippen LogP contribution in [0.2, 0.25) is 0 Å². The number of aliphatic hydroxyl groups excluding tert-OH is 1. The number of aromatic nitrogens is 1. The lowest BCUT2D eigenvalue weighted by atomic mass is 9.74. The maximum atomic E-state index is 12.4. The molecule has 4 rings (SSSR count). The molecule has 140 valence electrons. The standard InChI is InChI=1S/C19H25N3O4/c23-11-15-10-22(19(25)26-15)17-6-5-12(9-20-17)7-14-8-13-3-1-2-4-16(13)21-18(14)24/h5-6,9,13-16,23H,1-4,7-8,10-11H2,(H,21,24). The fourth-order valence-corrected chi connectivity index (χ4v) is 4.41. The van der Waals surface area contributed by atoms with Crippen LogP contribution in [-0.2, 0) is 16.0 Å². The Kier molecular flexibility index (Phi) is 4.80. The monoisotopic (exact) mass is 359 g/mol. The van der Waals surface area contributed by atoms with E-state index < -0.39 is 12.2 Å². The molecular weight excluding hydrogens is 334 g/mol. The molecule has 1 saturated carbocycles. The third-order valence-electron chi connectivity index (χ3n) is 5.84. The number of carbonyl (C=O) groups excluding carboxylic acids is 2. The molecule has 3 fully saturated rings. The number of fused-ring (bicyclic) bond motifs is 1. The van der Waals surface area contributed by atoms with E-state index in [1.54, 1.807) is 12.3 Å². The lowest BCUT2D eigenvalue weighted by Gasteiger charge is -2.39. The van der Waals surface area contributed by atoms with E-state index in [0.717, 1.165) is 18.4 Å². The molecule has 1 aromatic rings. The van der Waals surface area contributed by atoms with Crippen LogP contribution in [0.15, 0.2) is 18.3 Å². The molecule has 0 radical (unpaired) electrons. The first-order valence-electron chi connectivity index (χ1n) is 9.48. The highest BCUT2D eigenvalue weighted by atomic mass is 16.6. The zero-order valence-corrected chi connectivity index (χ0v) is 14.8. The van der Waals surface area contributed by atoms with Gasteiger partial charge >= 0.3 is 6.09 Å². The van der Waals surface area contributed by atoms with Crippen LogP contribution < -0.4 is 10.2 Å². The first kappa shape index (κ1) is 17.3. The van der Waals surface area contributed by atoms with Crippen LogP contribution in [0.4, 0.5) is 10.6 Å². The number of aliphatic hydroxyl groups is 1. The van der Waals surface area contributed by atoms with Crippen molar-refractivity contribution in [3.8, 4) is 0 Å². The molecule has 3 heterocycles. The summed E-state index contributed by atoms with van der Waals surface area (Å²) in [7, 11) is 0. The van der Waals surface area contributed by atoms with E-state index in [2.05, 4.69) is 10.3 Å². The molecule has 7 nitrogen and oxygen atoms in total. The SMILES string of the molecule is O=C1NC2CCCCC2CC1Cc1ccc(N2CC(CO)OC2=O)nc1. The minimum Gasteiger partial charge on any atom is -0.441 e. The number of pyridine rings is 1. The summed E-state index contributed by atoms with van der Waals surface area (Å²) in [5.41, 5.74) is 0.995. The Hall–Kier alpha value is -2.15. The summed E-state index contributed by atoms with van der Waals surface area (Å²) < 4.78 is 5.04. The van der Waals surface area contributed by atoms with Gasteiger partial charge < -0.3 is 15.2 Å². The predicted octanol–water partition coefficient (Wildman–Crippen LogP) is 1.64. The van der Waals surface area contributed by atoms with E-state index in [1.165, 1.54) is 24.2 Å². The van der Waals surface area contributed by atoms with Crippen molar-refractivity contribution in [2.75, 3.05) is 18.1 Å². The number of nitrogens with zero attached hydrogens (tertiary/aromatic N) is 2. The normalized spacial score (nSPS) is 31.3. The van der Waals surface area contributed by atoms with E-state index >= 15 is 0 Å². The molecule has 4 unspecified atom stereocenters. The third kappa shape index (κ3) is 3.40. The van der Waals surface area contributed by atoms with Gasteiger partial charge in [0.1, 0.15) is 11.9 Å². The van der Waals surface area contributed by atoms with Gasteiger partial charge in [0.15, 0.2) is 0 Å². The van der Waals surface area contributed by atoms with Crippen molar-refractivity contribution < 1.29 is 19.4 Å². The molecule has 26 heavy (non-hydrogen) atoms. The smallest absolute Gasteiger partial charge is 0.416 e. The Bertz CT molecular complexity index is 678. The molecule has 7 heteroatoms. The van der Waals surface area contributed by atoms with Crippen molar-refractivity contribution in [3.05, 3.63) is 23.9 Å². The maximum absolute atomic E-state index is 12.4. The topological polar surface area (TPSA) is 91.8 Å². The number of ether oxygens (including phenoxy) is 1. The highest BCUT2D eigenvalue weighted by molar-refractivity contribution is 5.88. The van der Waals surface area contributed by atoms with Crippen molar-refractivity contribution in [1.29, 1.82) is 0 Å². The zero-order valence-electron chi connectivity index (χ0n) is 14.8. The number of piperidine rings is 1. The van der Waals surface area contributed by atoms with Crippen LogP contribution in [0.25, 0.3) is 0 Å². The Morgan fingerprint density at radius 3 is 2.85 bits per heavy atom. The third-order valence-corrected chi connectivity index (χ3v) is 5.84. The average molecular weight is 359 g/mol. The molecule has 0 spiro atoms. The van der Waals surface area contributed by atoms with Gasteiger partial charge in [0.25, 0.3) is 0 Å². The summed E-state index contributed by atoms with van der Waals surface area (Å²) in [6.45, 7) is 0.106. The first-order chi connectivity index (χ1) is 12.6. The van der Waals surface area contributed by atoms with E-state index in [4.69, 9.17) is 9.84 Å². The number of rotatable bonds is 4. The molecule has 2 amide bonds. The molecular formula is C19H25N3O4. The molecule has 2 N–H and O–H groups in total. The van der Waals surface area contributed by atoms with Crippen LogP contribution in [0.3, 0.4) is 0 Å². The van der Waals surface area contributed by atoms with Gasteiger partial charge in [-0.05, 0) is 43.2 Å². The lowest BCUT2D eigenvalue weighted by molar-refractivity contribution is -0.129. The Labute approximate surface area is 152 Å². The highest BCUT2D eigenvalue weighted by Crippen LogP contribution is 2.34. The van der Waals surface area contributed by atoms with Gasteiger partial charge in [-0.15, -0.1) is 0 Å². The molecule has 0 bridgehead atoms. The van der Waals surface area contributed by atoms with Crippen LogP contribution in [0.1, 0.15) is 37.7 Å². The molecule has 4 atom stereocenters. The second-order valence-corrected chi connectivity index (χ2v) is 7.62. The van der Waals surface area contributed by atoms with Gasteiger partial charge in [0.05, 0.1) is 13.2 Å². The summed E-state index contributed by atoms with van der Waals surface area (Å²) in [5, 5.41) is 12.3. The van der Waals surface area contributed by atoms with Crippen molar-refractivity contribution in [1.82, 2.24) is 10.3 Å². The van der Waals surface area contributed by atoms with Gasteiger partial charge in [-0.1, -0.05) is 18.9 Å².